The quantitative estimate of drug-likeness (QED) is 0.378. The minimum absolute atomic E-state index is 0.439. The highest BCUT2D eigenvalue weighted by Gasteiger charge is 2.41. The zero-order chi connectivity index (χ0) is 15.8. The molecule has 0 atom stereocenters. The summed E-state index contributed by atoms with van der Waals surface area (Å²) < 4.78 is 11.7. The summed E-state index contributed by atoms with van der Waals surface area (Å²) in [5, 5.41) is -1.02. The van der Waals surface area contributed by atoms with Gasteiger partial charge in [0.2, 0.25) is 0 Å². The lowest BCUT2D eigenvalue weighted by atomic mass is 10.0. The summed E-state index contributed by atoms with van der Waals surface area (Å²) in [6, 6.07) is 0. The lowest BCUT2D eigenvalue weighted by molar-refractivity contribution is 0.334. The number of hydrogen-bond acceptors (Lipinski definition) is 1. The van der Waals surface area contributed by atoms with E-state index in [1.807, 2.05) is 26.8 Å². The zero-order valence-electron chi connectivity index (χ0n) is 13.4. The van der Waals surface area contributed by atoms with Crippen LogP contribution in [0.25, 0.3) is 0 Å². The van der Waals surface area contributed by atoms with Crippen molar-refractivity contribution in [1.82, 2.24) is 0 Å². The van der Waals surface area contributed by atoms with Gasteiger partial charge in [-0.25, -0.2) is 0 Å². The Balaban J connectivity index is 4.82. The van der Waals surface area contributed by atoms with E-state index < -0.39 is 12.8 Å². The minimum Gasteiger partial charge on any atom is -0.324 e. The highest BCUT2D eigenvalue weighted by Crippen LogP contribution is 2.55. The van der Waals surface area contributed by atoms with Crippen molar-refractivity contribution in [2.75, 3.05) is 0 Å². The van der Waals surface area contributed by atoms with Gasteiger partial charge in [-0.15, -0.1) is 0 Å². The highest BCUT2D eigenvalue weighted by atomic mass is 31.2. The van der Waals surface area contributed by atoms with Gasteiger partial charge in [-0.3, -0.25) is 4.57 Å². The summed E-state index contributed by atoms with van der Waals surface area (Å²) in [4.78, 5) is 19.1. The number of allylic oxidation sites excluding steroid dienone is 6. The fourth-order valence-electron chi connectivity index (χ4n) is 2.06. The average Bonchev–Trinajstić information content (AvgIpc) is 2.33. The van der Waals surface area contributed by atoms with Crippen LogP contribution in [0.1, 0.15) is 60.3 Å². The molecule has 0 saturated heterocycles. The molecule has 0 aromatic carbocycles. The molecule has 0 spiro atoms. The van der Waals surface area contributed by atoms with E-state index in [0.29, 0.717) is 12.8 Å². The topological polar surface area (TPSA) is 57.5 Å². The third-order valence-electron chi connectivity index (χ3n) is 3.68. The molecular formula is C16H29O3P. The van der Waals surface area contributed by atoms with E-state index in [2.05, 4.69) is 19.9 Å². The summed E-state index contributed by atoms with van der Waals surface area (Å²) in [6.07, 6.45) is 10.5. The molecule has 2 N–H and O–H groups in total. The van der Waals surface area contributed by atoms with Gasteiger partial charge in [0.25, 0.3) is 0 Å². The van der Waals surface area contributed by atoms with Crippen LogP contribution < -0.4 is 0 Å². The molecule has 0 fully saturated rings. The Kier molecular flexibility index (Phi) is 8.34. The van der Waals surface area contributed by atoms with Crippen molar-refractivity contribution in [3.05, 3.63) is 35.5 Å². The van der Waals surface area contributed by atoms with Crippen LogP contribution in [0, 0.1) is 0 Å². The van der Waals surface area contributed by atoms with E-state index in [-0.39, 0.29) is 0 Å². The second-order valence-electron chi connectivity index (χ2n) is 5.55. The first-order valence-corrected chi connectivity index (χ1v) is 8.83. The van der Waals surface area contributed by atoms with E-state index in [1.165, 1.54) is 11.1 Å². The molecule has 0 amide bonds. The molecule has 0 aromatic rings. The Bertz CT molecular complexity index is 419. The molecule has 0 saturated carbocycles. The second-order valence-corrected chi connectivity index (χ2v) is 7.53. The maximum atomic E-state index is 11.7. The Hall–Kier alpha value is -0.630. The Labute approximate surface area is 123 Å². The van der Waals surface area contributed by atoms with Crippen molar-refractivity contribution < 1.29 is 14.4 Å². The molecule has 116 valence electrons. The van der Waals surface area contributed by atoms with Crippen molar-refractivity contribution in [1.29, 1.82) is 0 Å². The van der Waals surface area contributed by atoms with Crippen LogP contribution in [-0.4, -0.2) is 14.9 Å². The van der Waals surface area contributed by atoms with E-state index in [0.717, 1.165) is 12.8 Å². The Morgan fingerprint density at radius 1 is 1.15 bits per heavy atom. The normalized spacial score (nSPS) is 13.8. The minimum atomic E-state index is -4.13. The lowest BCUT2D eigenvalue weighted by Crippen LogP contribution is -2.24. The first-order chi connectivity index (χ1) is 9.18. The molecule has 0 aliphatic rings. The lowest BCUT2D eigenvalue weighted by Gasteiger charge is -2.28. The van der Waals surface area contributed by atoms with E-state index in [1.54, 1.807) is 12.2 Å². The van der Waals surface area contributed by atoms with Crippen molar-refractivity contribution in [2.24, 2.45) is 0 Å². The van der Waals surface area contributed by atoms with Gasteiger partial charge in [0.1, 0.15) is 0 Å². The van der Waals surface area contributed by atoms with Gasteiger partial charge < -0.3 is 9.79 Å². The predicted octanol–water partition coefficient (Wildman–Crippen LogP) is 4.97. The van der Waals surface area contributed by atoms with Crippen LogP contribution in [0.4, 0.5) is 0 Å². The molecule has 0 radical (unpaired) electrons. The van der Waals surface area contributed by atoms with Crippen LogP contribution in [-0.2, 0) is 4.57 Å². The summed E-state index contributed by atoms with van der Waals surface area (Å²) in [5.74, 6) is 0. The molecule has 3 nitrogen and oxygen atoms in total. The van der Waals surface area contributed by atoms with E-state index in [9.17, 15) is 14.4 Å². The van der Waals surface area contributed by atoms with Crippen molar-refractivity contribution >= 4 is 7.60 Å². The predicted molar refractivity (Wildman–Crippen MR) is 86.9 cm³/mol. The van der Waals surface area contributed by atoms with Crippen LogP contribution in [0.2, 0.25) is 0 Å². The third kappa shape index (κ3) is 6.21. The molecule has 0 aliphatic carbocycles. The largest absolute Gasteiger partial charge is 0.335 e. The number of hydrogen-bond donors (Lipinski definition) is 2. The molecule has 0 bridgehead atoms. The fourth-order valence-corrected chi connectivity index (χ4v) is 3.16. The highest BCUT2D eigenvalue weighted by molar-refractivity contribution is 7.53. The van der Waals surface area contributed by atoms with Gasteiger partial charge in [0.05, 0.1) is 5.16 Å². The summed E-state index contributed by atoms with van der Waals surface area (Å²) in [6.45, 7) is 9.84. The smallest absolute Gasteiger partial charge is 0.324 e. The van der Waals surface area contributed by atoms with E-state index >= 15 is 0 Å². The van der Waals surface area contributed by atoms with Crippen molar-refractivity contribution in [3.8, 4) is 0 Å². The summed E-state index contributed by atoms with van der Waals surface area (Å²) in [5.41, 5.74) is 2.52. The Morgan fingerprint density at radius 2 is 1.70 bits per heavy atom. The first kappa shape index (κ1) is 19.4. The van der Waals surface area contributed by atoms with Gasteiger partial charge >= 0.3 is 7.60 Å². The monoisotopic (exact) mass is 300 g/mol. The molecular weight excluding hydrogens is 271 g/mol. The second kappa shape index (κ2) is 8.61. The van der Waals surface area contributed by atoms with Crippen LogP contribution in [0.3, 0.4) is 0 Å². The van der Waals surface area contributed by atoms with Gasteiger partial charge in [-0.05, 0) is 46.5 Å². The average molecular weight is 300 g/mol. The molecule has 0 heterocycles. The molecule has 4 heteroatoms. The summed E-state index contributed by atoms with van der Waals surface area (Å²) >= 11 is 0. The zero-order valence-corrected chi connectivity index (χ0v) is 14.3. The number of rotatable bonds is 8. The maximum absolute atomic E-state index is 11.7. The van der Waals surface area contributed by atoms with Gasteiger partial charge in [-0.1, -0.05) is 49.3 Å². The van der Waals surface area contributed by atoms with Crippen LogP contribution >= 0.6 is 7.60 Å². The van der Waals surface area contributed by atoms with Crippen LogP contribution in [0.5, 0.6) is 0 Å². The molecule has 0 aliphatic heterocycles. The first-order valence-electron chi connectivity index (χ1n) is 7.22. The van der Waals surface area contributed by atoms with Crippen molar-refractivity contribution in [3.63, 3.8) is 0 Å². The molecule has 0 aromatic heterocycles. The molecule has 20 heavy (non-hydrogen) atoms. The Morgan fingerprint density at radius 3 is 2.10 bits per heavy atom. The van der Waals surface area contributed by atoms with Crippen LogP contribution in [0.15, 0.2) is 35.5 Å². The van der Waals surface area contributed by atoms with E-state index in [4.69, 9.17) is 0 Å². The standard InChI is InChI=1S/C16H29O3P/c1-6-16(7-2,20(17,18)19)13-9-12-15(5)11-8-10-14(3)4/h9-10,12-13H,6-8,11H2,1-5H3,(H2,17,18,19). The maximum Gasteiger partial charge on any atom is 0.335 e. The van der Waals surface area contributed by atoms with Gasteiger partial charge in [0.15, 0.2) is 0 Å². The van der Waals surface area contributed by atoms with Gasteiger partial charge in [-0.2, -0.15) is 0 Å². The SMILES string of the molecule is CCC(C=CC=C(C)CCC=C(C)C)(CC)P(=O)(O)O. The third-order valence-corrected chi connectivity index (χ3v) is 5.62. The molecule has 0 rings (SSSR count). The fraction of sp³-hybridized carbons (Fsp3) is 0.625. The van der Waals surface area contributed by atoms with Gasteiger partial charge in [0, 0.05) is 0 Å². The molecule has 0 unspecified atom stereocenters. The van der Waals surface area contributed by atoms with Crippen molar-refractivity contribution in [2.45, 2.75) is 65.5 Å². The summed E-state index contributed by atoms with van der Waals surface area (Å²) in [7, 11) is -4.13.